The van der Waals surface area contributed by atoms with Gasteiger partial charge >= 0.3 is 0 Å². The minimum atomic E-state index is -0.727. The molecule has 0 aromatic carbocycles. The lowest BCUT2D eigenvalue weighted by atomic mass is 9.83. The smallest absolute Gasteiger partial charge is 0.280 e. The Labute approximate surface area is 167 Å². The van der Waals surface area contributed by atoms with E-state index in [1.165, 1.54) is 6.07 Å². The zero-order valence-electron chi connectivity index (χ0n) is 17.6. The second-order valence-electron chi connectivity index (χ2n) is 9.19. The zero-order chi connectivity index (χ0) is 20.8. The van der Waals surface area contributed by atoms with Gasteiger partial charge in [0.15, 0.2) is 6.23 Å². The second-order valence-corrected chi connectivity index (χ2v) is 9.19. The quantitative estimate of drug-likeness (QED) is 0.403. The van der Waals surface area contributed by atoms with Crippen LogP contribution in [0.4, 0.5) is 0 Å². The molecular formula is C21H36N2O5. The first kappa shape index (κ1) is 22.7. The third kappa shape index (κ3) is 6.79. The van der Waals surface area contributed by atoms with Crippen molar-refractivity contribution < 1.29 is 19.6 Å². The number of hydroxylamine groups is 1. The molecule has 0 amide bonds. The third-order valence-corrected chi connectivity index (χ3v) is 5.63. The van der Waals surface area contributed by atoms with Gasteiger partial charge in [-0.25, -0.2) is 0 Å². The molecule has 0 saturated carbocycles. The van der Waals surface area contributed by atoms with Crippen molar-refractivity contribution in [2.24, 2.45) is 5.41 Å². The van der Waals surface area contributed by atoms with Gasteiger partial charge in [-0.15, -0.1) is 5.48 Å². The van der Waals surface area contributed by atoms with E-state index in [0.717, 1.165) is 57.1 Å². The van der Waals surface area contributed by atoms with Gasteiger partial charge in [-0.1, -0.05) is 53.4 Å². The molecule has 1 aliphatic rings. The molecule has 2 rings (SSSR count). The molecule has 0 fully saturated rings. The molecule has 28 heavy (non-hydrogen) atoms. The number of H-pyrrole nitrogens is 1. The van der Waals surface area contributed by atoms with Gasteiger partial charge < -0.3 is 19.6 Å². The molecule has 7 nitrogen and oxygen atoms in total. The summed E-state index contributed by atoms with van der Waals surface area (Å²) in [5.74, 6) is 1.46. The fourth-order valence-corrected chi connectivity index (χ4v) is 3.60. The van der Waals surface area contributed by atoms with E-state index in [1.807, 2.05) is 0 Å². The van der Waals surface area contributed by atoms with Gasteiger partial charge in [0.2, 0.25) is 0 Å². The van der Waals surface area contributed by atoms with Crippen molar-refractivity contribution in [3.63, 3.8) is 0 Å². The molecule has 0 saturated heterocycles. The fraction of sp³-hybridized carbons (Fsp3) is 0.762. The standard InChI is InChI=1S/C21H36N2O5/c1-20(2,16-13-18(25)22-27-16)11-7-5-9-15(24)10-6-8-12-21(3,4)17-14-19(26)23-28-17/h13-15,18,22,24-25H,5-12H2,1-4H3,(H,23,26). The molecule has 2 atom stereocenters. The summed E-state index contributed by atoms with van der Waals surface area (Å²) in [7, 11) is 0. The van der Waals surface area contributed by atoms with Crippen LogP contribution in [0.15, 0.2) is 27.2 Å². The van der Waals surface area contributed by atoms with Crippen molar-refractivity contribution in [1.82, 2.24) is 10.6 Å². The molecule has 1 aromatic rings. The van der Waals surface area contributed by atoms with E-state index in [4.69, 9.17) is 9.36 Å². The van der Waals surface area contributed by atoms with Crippen molar-refractivity contribution in [3.8, 4) is 0 Å². The summed E-state index contributed by atoms with van der Waals surface area (Å²) in [5, 5.41) is 22.0. The Morgan fingerprint density at radius 2 is 1.68 bits per heavy atom. The minimum absolute atomic E-state index is 0.131. The molecule has 160 valence electrons. The highest BCUT2D eigenvalue weighted by molar-refractivity contribution is 5.09. The van der Waals surface area contributed by atoms with Crippen LogP contribution >= 0.6 is 0 Å². The van der Waals surface area contributed by atoms with Crippen molar-refractivity contribution in [2.75, 3.05) is 0 Å². The monoisotopic (exact) mass is 396 g/mol. The third-order valence-electron chi connectivity index (χ3n) is 5.63. The first-order valence-electron chi connectivity index (χ1n) is 10.3. The molecule has 0 spiro atoms. The Hall–Kier alpha value is -1.57. The van der Waals surface area contributed by atoms with E-state index in [0.29, 0.717) is 5.76 Å². The van der Waals surface area contributed by atoms with E-state index in [9.17, 15) is 15.0 Å². The molecule has 0 aliphatic carbocycles. The highest BCUT2D eigenvalue weighted by Crippen LogP contribution is 2.35. The highest BCUT2D eigenvalue weighted by Gasteiger charge is 2.29. The van der Waals surface area contributed by atoms with Crippen molar-refractivity contribution in [2.45, 2.75) is 96.8 Å². The number of aliphatic hydroxyl groups excluding tert-OH is 2. The number of aliphatic hydroxyl groups is 2. The number of allylic oxidation sites excluding steroid dienone is 1. The van der Waals surface area contributed by atoms with E-state index in [2.05, 4.69) is 38.3 Å². The largest absolute Gasteiger partial charge is 0.410 e. The van der Waals surface area contributed by atoms with Crippen LogP contribution < -0.4 is 11.0 Å². The van der Waals surface area contributed by atoms with Crippen LogP contribution in [0.1, 0.15) is 84.8 Å². The van der Waals surface area contributed by atoms with Crippen molar-refractivity contribution >= 4 is 0 Å². The first-order valence-corrected chi connectivity index (χ1v) is 10.3. The number of rotatable bonds is 12. The average molecular weight is 397 g/mol. The Morgan fingerprint density at radius 3 is 2.18 bits per heavy atom. The molecule has 7 heteroatoms. The van der Waals surface area contributed by atoms with Crippen LogP contribution in [0, 0.1) is 5.41 Å². The first-order chi connectivity index (χ1) is 13.1. The van der Waals surface area contributed by atoms with Gasteiger partial charge in [0, 0.05) is 23.0 Å². The maximum absolute atomic E-state index is 11.2. The SMILES string of the molecule is CC(C)(CCCCC(O)CCCCC(C)(C)c1cc(=O)[nH]o1)C1=CC(O)NO1. The molecule has 1 aromatic heterocycles. The highest BCUT2D eigenvalue weighted by atomic mass is 16.7. The van der Waals surface area contributed by atoms with Gasteiger partial charge in [-0.05, 0) is 25.7 Å². The lowest BCUT2D eigenvalue weighted by molar-refractivity contribution is 0.0139. The summed E-state index contributed by atoms with van der Waals surface area (Å²) < 4.78 is 5.23. The minimum Gasteiger partial charge on any atom is -0.410 e. The molecule has 2 heterocycles. The molecule has 1 aliphatic heterocycles. The van der Waals surface area contributed by atoms with Crippen LogP contribution in [0.3, 0.4) is 0 Å². The van der Waals surface area contributed by atoms with Gasteiger partial charge in [-0.2, -0.15) is 5.16 Å². The molecule has 0 bridgehead atoms. The summed E-state index contributed by atoms with van der Waals surface area (Å²) >= 11 is 0. The summed E-state index contributed by atoms with van der Waals surface area (Å²) in [4.78, 5) is 16.5. The van der Waals surface area contributed by atoms with Gasteiger partial charge in [-0.3, -0.25) is 4.79 Å². The number of hydrogen-bond donors (Lipinski definition) is 4. The average Bonchev–Trinajstić information content (AvgIpc) is 3.25. The van der Waals surface area contributed by atoms with Gasteiger partial charge in [0.1, 0.15) is 11.5 Å². The zero-order valence-corrected chi connectivity index (χ0v) is 17.6. The van der Waals surface area contributed by atoms with Crippen LogP contribution in [0.2, 0.25) is 0 Å². The van der Waals surface area contributed by atoms with Crippen molar-refractivity contribution in [1.29, 1.82) is 0 Å². The maximum atomic E-state index is 11.2. The number of hydrogen-bond acceptors (Lipinski definition) is 6. The molecule has 4 N–H and O–H groups in total. The Kier molecular flexibility index (Phi) is 7.92. The summed E-state index contributed by atoms with van der Waals surface area (Å²) in [6.45, 7) is 8.33. The molecular weight excluding hydrogens is 360 g/mol. The number of aromatic amines is 1. The molecule has 2 unspecified atom stereocenters. The summed E-state index contributed by atoms with van der Waals surface area (Å²) in [5.41, 5.74) is 2.02. The number of nitrogens with one attached hydrogen (secondary N) is 2. The lowest BCUT2D eigenvalue weighted by Gasteiger charge is -2.24. The lowest BCUT2D eigenvalue weighted by Crippen LogP contribution is -2.21. The topological polar surface area (TPSA) is 108 Å². The second kappa shape index (κ2) is 9.76. The van der Waals surface area contributed by atoms with Crippen LogP contribution in [-0.4, -0.2) is 27.7 Å². The van der Waals surface area contributed by atoms with E-state index in [-0.39, 0.29) is 22.5 Å². The van der Waals surface area contributed by atoms with E-state index >= 15 is 0 Å². The van der Waals surface area contributed by atoms with Crippen molar-refractivity contribution in [3.05, 3.63) is 34.0 Å². The summed E-state index contributed by atoms with van der Waals surface area (Å²) in [6.07, 6.45) is 8.04. The summed E-state index contributed by atoms with van der Waals surface area (Å²) in [6, 6.07) is 1.51. The Bertz CT molecular complexity index is 689. The maximum Gasteiger partial charge on any atom is 0.280 e. The van der Waals surface area contributed by atoms with Crippen LogP contribution in [0.25, 0.3) is 0 Å². The van der Waals surface area contributed by atoms with Gasteiger partial charge in [0.05, 0.1) is 6.10 Å². The predicted molar refractivity (Wildman–Crippen MR) is 107 cm³/mol. The number of unbranched alkanes of at least 4 members (excludes halogenated alkanes) is 2. The van der Waals surface area contributed by atoms with Crippen LogP contribution in [0.5, 0.6) is 0 Å². The Balaban J connectivity index is 1.58. The van der Waals surface area contributed by atoms with E-state index in [1.54, 1.807) is 6.08 Å². The van der Waals surface area contributed by atoms with Crippen LogP contribution in [-0.2, 0) is 10.3 Å². The Morgan fingerprint density at radius 1 is 1.07 bits per heavy atom. The normalized spacial score (nSPS) is 18.8. The predicted octanol–water partition coefficient (Wildman–Crippen LogP) is 3.49. The number of aromatic nitrogens is 1. The molecule has 0 radical (unpaired) electrons. The fourth-order valence-electron chi connectivity index (χ4n) is 3.60. The van der Waals surface area contributed by atoms with Gasteiger partial charge in [0.25, 0.3) is 5.56 Å². The van der Waals surface area contributed by atoms with E-state index < -0.39 is 6.23 Å².